The van der Waals surface area contributed by atoms with Crippen molar-refractivity contribution in [3.05, 3.63) is 35.6 Å². The fourth-order valence-electron chi connectivity index (χ4n) is 2.75. The van der Waals surface area contributed by atoms with Gasteiger partial charge in [-0.2, -0.15) is 0 Å². The number of hydrogen-bond acceptors (Lipinski definition) is 4. The molecule has 1 aromatic carbocycles. The van der Waals surface area contributed by atoms with Crippen LogP contribution in [0.25, 0.3) is 0 Å². The highest BCUT2D eigenvalue weighted by molar-refractivity contribution is 7.92. The molecule has 0 radical (unpaired) electrons. The Kier molecular flexibility index (Phi) is 3.68. The first-order valence-electron chi connectivity index (χ1n) is 6.11. The molecule has 106 valence electrons. The molecule has 3 atom stereocenters. The first kappa shape index (κ1) is 14.4. The lowest BCUT2D eigenvalue weighted by atomic mass is 10.1. The van der Waals surface area contributed by atoms with E-state index in [0.717, 1.165) is 0 Å². The minimum Gasteiger partial charge on any atom is -0.383 e. The van der Waals surface area contributed by atoms with Crippen LogP contribution in [-0.4, -0.2) is 38.7 Å². The molecule has 0 amide bonds. The Balaban J connectivity index is 2.39. The van der Waals surface area contributed by atoms with E-state index in [0.29, 0.717) is 5.56 Å². The summed E-state index contributed by atoms with van der Waals surface area (Å²) in [5.41, 5.74) is 5.81. The van der Waals surface area contributed by atoms with Gasteiger partial charge in [-0.15, -0.1) is 0 Å². The summed E-state index contributed by atoms with van der Waals surface area (Å²) in [4.78, 5) is 0. The van der Waals surface area contributed by atoms with Crippen LogP contribution < -0.4 is 5.73 Å². The zero-order chi connectivity index (χ0) is 14.3. The molecule has 6 heteroatoms. The van der Waals surface area contributed by atoms with Crippen molar-refractivity contribution >= 4 is 9.84 Å². The maximum absolute atomic E-state index is 13.3. The van der Waals surface area contributed by atoms with Crippen molar-refractivity contribution < 1.29 is 17.5 Å². The molecular formula is C13H18FNO3S. The Morgan fingerprint density at radius 3 is 2.68 bits per heavy atom. The third-order valence-electron chi connectivity index (χ3n) is 3.69. The Labute approximate surface area is 112 Å². The van der Waals surface area contributed by atoms with E-state index in [4.69, 9.17) is 10.5 Å². The summed E-state index contributed by atoms with van der Waals surface area (Å²) in [6.07, 6.45) is 0. The molecule has 1 saturated carbocycles. The zero-order valence-electron chi connectivity index (χ0n) is 11.0. The molecule has 0 saturated heterocycles. The van der Waals surface area contributed by atoms with Gasteiger partial charge in [-0.1, -0.05) is 19.1 Å². The molecule has 0 heterocycles. The summed E-state index contributed by atoms with van der Waals surface area (Å²) in [5, 5.41) is -0.702. The van der Waals surface area contributed by atoms with Crippen LogP contribution in [0, 0.1) is 5.82 Å². The third kappa shape index (κ3) is 2.40. The van der Waals surface area contributed by atoms with E-state index in [1.54, 1.807) is 19.1 Å². The Morgan fingerprint density at radius 2 is 2.16 bits per heavy atom. The molecule has 2 N–H and O–H groups in total. The summed E-state index contributed by atoms with van der Waals surface area (Å²) in [5.74, 6) is -0.781. The number of halogens is 1. The standard InChI is InChI=1S/C13H18FNO3S/c1-3-19(16,17)12-11(13(12,15)8-18-2)9-5-4-6-10(14)7-9/h4-7,11-12H,3,8,15H2,1-2H3/t11-,12+,13-/m0/s1. The number of nitrogens with two attached hydrogens (primary N) is 1. The second-order valence-electron chi connectivity index (χ2n) is 4.95. The van der Waals surface area contributed by atoms with Crippen molar-refractivity contribution in [2.24, 2.45) is 5.73 Å². The van der Waals surface area contributed by atoms with Crippen molar-refractivity contribution in [2.75, 3.05) is 19.5 Å². The highest BCUT2D eigenvalue weighted by Gasteiger charge is 2.68. The van der Waals surface area contributed by atoms with Crippen molar-refractivity contribution in [2.45, 2.75) is 23.6 Å². The molecule has 0 aromatic heterocycles. The van der Waals surface area contributed by atoms with Gasteiger partial charge in [-0.25, -0.2) is 12.8 Å². The van der Waals surface area contributed by atoms with Crippen LogP contribution in [0.4, 0.5) is 4.39 Å². The normalized spacial score (nSPS) is 30.3. The molecule has 0 bridgehead atoms. The van der Waals surface area contributed by atoms with Gasteiger partial charge in [0.2, 0.25) is 0 Å². The summed E-state index contributed by atoms with van der Waals surface area (Å²) in [6, 6.07) is 5.93. The van der Waals surface area contributed by atoms with E-state index in [2.05, 4.69) is 0 Å². The number of ether oxygens (including phenoxy) is 1. The lowest BCUT2D eigenvalue weighted by Gasteiger charge is -2.10. The fraction of sp³-hybridized carbons (Fsp3) is 0.538. The third-order valence-corrected chi connectivity index (χ3v) is 5.98. The molecule has 1 fully saturated rings. The average molecular weight is 287 g/mol. The van der Waals surface area contributed by atoms with Gasteiger partial charge >= 0.3 is 0 Å². The van der Waals surface area contributed by atoms with Gasteiger partial charge in [-0.05, 0) is 17.7 Å². The van der Waals surface area contributed by atoms with E-state index in [1.807, 2.05) is 0 Å². The lowest BCUT2D eigenvalue weighted by Crippen LogP contribution is -2.36. The van der Waals surface area contributed by atoms with Crippen LogP contribution in [0.3, 0.4) is 0 Å². The molecule has 1 aliphatic rings. The quantitative estimate of drug-likeness (QED) is 0.879. The topological polar surface area (TPSA) is 69.4 Å². The van der Waals surface area contributed by atoms with E-state index in [-0.39, 0.29) is 12.4 Å². The van der Waals surface area contributed by atoms with Gasteiger partial charge in [0.25, 0.3) is 0 Å². The van der Waals surface area contributed by atoms with Crippen LogP contribution in [0.1, 0.15) is 18.4 Å². The van der Waals surface area contributed by atoms with E-state index in [1.165, 1.54) is 19.2 Å². The molecule has 19 heavy (non-hydrogen) atoms. The summed E-state index contributed by atoms with van der Waals surface area (Å²) in [6.45, 7) is 1.72. The van der Waals surface area contributed by atoms with Crippen LogP contribution in [0.5, 0.6) is 0 Å². The molecule has 2 rings (SSSR count). The predicted octanol–water partition coefficient (Wildman–Crippen LogP) is 1.07. The molecular weight excluding hydrogens is 269 g/mol. The van der Waals surface area contributed by atoms with Crippen LogP contribution in [0.2, 0.25) is 0 Å². The maximum Gasteiger partial charge on any atom is 0.155 e. The summed E-state index contributed by atoms with van der Waals surface area (Å²) >= 11 is 0. The SMILES string of the molecule is CCS(=O)(=O)[C@@H]1[C@H](c2cccc(F)c2)[C@@]1(N)COC. The number of hydrogen-bond donors (Lipinski definition) is 1. The maximum atomic E-state index is 13.3. The van der Waals surface area contributed by atoms with Gasteiger partial charge in [0.1, 0.15) is 5.82 Å². The largest absolute Gasteiger partial charge is 0.383 e. The minimum absolute atomic E-state index is 0.0200. The van der Waals surface area contributed by atoms with Gasteiger partial charge < -0.3 is 10.5 Å². The molecule has 0 unspecified atom stereocenters. The number of rotatable bonds is 5. The minimum atomic E-state index is -3.29. The van der Waals surface area contributed by atoms with E-state index in [9.17, 15) is 12.8 Å². The fourth-order valence-corrected chi connectivity index (χ4v) is 4.74. The van der Waals surface area contributed by atoms with Crippen LogP contribution >= 0.6 is 0 Å². The highest BCUT2D eigenvalue weighted by atomic mass is 32.2. The van der Waals surface area contributed by atoms with E-state index < -0.39 is 32.4 Å². The molecule has 4 nitrogen and oxygen atoms in total. The average Bonchev–Trinajstić information content (AvgIpc) is 2.96. The van der Waals surface area contributed by atoms with Crippen molar-refractivity contribution in [3.63, 3.8) is 0 Å². The van der Waals surface area contributed by atoms with Crippen molar-refractivity contribution in [3.8, 4) is 0 Å². The first-order chi connectivity index (χ1) is 8.86. The van der Waals surface area contributed by atoms with Crippen LogP contribution in [0.15, 0.2) is 24.3 Å². The number of methoxy groups -OCH3 is 1. The Morgan fingerprint density at radius 1 is 1.47 bits per heavy atom. The zero-order valence-corrected chi connectivity index (χ0v) is 11.8. The Bertz CT molecular complexity index is 575. The number of sulfone groups is 1. The Hall–Kier alpha value is -0.980. The van der Waals surface area contributed by atoms with Crippen molar-refractivity contribution in [1.29, 1.82) is 0 Å². The smallest absolute Gasteiger partial charge is 0.155 e. The highest BCUT2D eigenvalue weighted by Crippen LogP contribution is 2.54. The van der Waals surface area contributed by atoms with Gasteiger partial charge in [0.15, 0.2) is 9.84 Å². The summed E-state index contributed by atoms with van der Waals surface area (Å²) in [7, 11) is -1.82. The molecule has 0 aliphatic heterocycles. The van der Waals surface area contributed by atoms with Crippen molar-refractivity contribution in [1.82, 2.24) is 0 Å². The van der Waals surface area contributed by atoms with Crippen LogP contribution in [-0.2, 0) is 14.6 Å². The second-order valence-corrected chi connectivity index (χ2v) is 7.36. The monoisotopic (exact) mass is 287 g/mol. The predicted molar refractivity (Wildman–Crippen MR) is 71.2 cm³/mol. The molecule has 1 aliphatic carbocycles. The number of benzene rings is 1. The first-order valence-corrected chi connectivity index (χ1v) is 7.83. The second kappa shape index (κ2) is 4.85. The molecule has 1 aromatic rings. The van der Waals surface area contributed by atoms with Gasteiger partial charge in [-0.3, -0.25) is 0 Å². The summed E-state index contributed by atoms with van der Waals surface area (Å²) < 4.78 is 42.5. The van der Waals surface area contributed by atoms with Gasteiger partial charge in [0, 0.05) is 18.8 Å². The lowest BCUT2D eigenvalue weighted by molar-refractivity contribution is 0.171. The van der Waals surface area contributed by atoms with E-state index >= 15 is 0 Å². The molecule has 0 spiro atoms. The van der Waals surface area contributed by atoms with Gasteiger partial charge in [0.05, 0.1) is 17.4 Å².